The molecule has 0 saturated carbocycles. The number of nitrogens with one attached hydrogen (secondary N) is 1. The zero-order chi connectivity index (χ0) is 13.8. The first kappa shape index (κ1) is 15.7. The first-order valence-electron chi connectivity index (χ1n) is 6.61. The Kier molecular flexibility index (Phi) is 5.43. The largest absolute Gasteiger partial charge is 0.389 e. The lowest BCUT2D eigenvalue weighted by Crippen LogP contribution is -2.60. The molecule has 1 heterocycles. The quantitative estimate of drug-likeness (QED) is 0.573. The summed E-state index contributed by atoms with van der Waals surface area (Å²) in [6.45, 7) is 5.93. The fourth-order valence-corrected chi connectivity index (χ4v) is 2.80. The molecule has 3 N–H and O–H groups in total. The van der Waals surface area contributed by atoms with E-state index in [4.69, 9.17) is 5.84 Å². The van der Waals surface area contributed by atoms with Crippen molar-refractivity contribution in [1.29, 1.82) is 0 Å². The Hall–Kier alpha value is -0.330. The lowest BCUT2D eigenvalue weighted by atomic mass is 9.85. The van der Waals surface area contributed by atoms with E-state index in [0.29, 0.717) is 0 Å². The Morgan fingerprint density at radius 2 is 1.83 bits per heavy atom. The van der Waals surface area contributed by atoms with Gasteiger partial charge in [-0.15, -0.1) is 0 Å². The molecule has 1 rings (SSSR count). The third-order valence-electron chi connectivity index (χ3n) is 4.21. The van der Waals surface area contributed by atoms with Gasteiger partial charge in [0.1, 0.15) is 0 Å². The van der Waals surface area contributed by atoms with E-state index in [1.54, 1.807) is 0 Å². The molecule has 0 radical (unpaired) electrons. The number of alkyl halides is 3. The number of hydrogen-bond donors (Lipinski definition) is 2. The number of likely N-dealkylation sites (tertiary alicyclic amines) is 1. The molecule has 18 heavy (non-hydrogen) atoms. The van der Waals surface area contributed by atoms with Gasteiger partial charge >= 0.3 is 6.18 Å². The fraction of sp³-hybridized carbons (Fsp3) is 1.00. The molecule has 1 fully saturated rings. The highest BCUT2D eigenvalue weighted by molar-refractivity contribution is 4.97. The Labute approximate surface area is 107 Å². The van der Waals surface area contributed by atoms with Crippen LogP contribution in [0.2, 0.25) is 0 Å². The van der Waals surface area contributed by atoms with Crippen molar-refractivity contribution in [2.24, 2.45) is 5.84 Å². The van der Waals surface area contributed by atoms with E-state index in [0.717, 1.165) is 32.4 Å². The lowest BCUT2D eigenvalue weighted by molar-refractivity contribution is -0.138. The molecule has 0 aliphatic carbocycles. The van der Waals surface area contributed by atoms with E-state index in [9.17, 15) is 13.2 Å². The van der Waals surface area contributed by atoms with Crippen LogP contribution < -0.4 is 11.3 Å². The lowest BCUT2D eigenvalue weighted by Gasteiger charge is -2.44. The molecule has 3 nitrogen and oxygen atoms in total. The molecule has 2 unspecified atom stereocenters. The molecule has 0 spiro atoms. The van der Waals surface area contributed by atoms with Crippen LogP contribution in [0, 0.1) is 0 Å². The smallest absolute Gasteiger partial charge is 0.296 e. The standard InChI is InChI=1S/C12H24F3N3/c1-3-11(2,18-8-4-5-9-18)10(17-16)6-7-12(13,14)15/h10,17H,3-9,16H2,1-2H3. The third kappa shape index (κ3) is 3.83. The summed E-state index contributed by atoms with van der Waals surface area (Å²) in [6.07, 6.45) is -1.85. The van der Waals surface area contributed by atoms with Crippen molar-refractivity contribution in [3.05, 3.63) is 0 Å². The molecular formula is C12H24F3N3. The minimum Gasteiger partial charge on any atom is -0.296 e. The summed E-state index contributed by atoms with van der Waals surface area (Å²) in [4.78, 5) is 2.27. The number of hydrazine groups is 1. The highest BCUT2D eigenvalue weighted by Crippen LogP contribution is 2.32. The monoisotopic (exact) mass is 267 g/mol. The summed E-state index contributed by atoms with van der Waals surface area (Å²) in [5, 5.41) is 0. The van der Waals surface area contributed by atoms with E-state index in [1.165, 1.54) is 0 Å². The summed E-state index contributed by atoms with van der Waals surface area (Å²) in [5.74, 6) is 5.49. The first-order chi connectivity index (χ1) is 8.33. The van der Waals surface area contributed by atoms with Gasteiger partial charge in [0.25, 0.3) is 0 Å². The second-order valence-electron chi connectivity index (χ2n) is 5.28. The molecule has 108 valence electrons. The van der Waals surface area contributed by atoms with Crippen LogP contribution in [0.5, 0.6) is 0 Å². The molecular weight excluding hydrogens is 243 g/mol. The van der Waals surface area contributed by atoms with Gasteiger partial charge in [0.15, 0.2) is 0 Å². The van der Waals surface area contributed by atoms with Crippen LogP contribution in [0.3, 0.4) is 0 Å². The molecule has 0 aromatic carbocycles. The second-order valence-corrected chi connectivity index (χ2v) is 5.28. The maximum absolute atomic E-state index is 12.3. The predicted molar refractivity (Wildman–Crippen MR) is 65.9 cm³/mol. The van der Waals surface area contributed by atoms with Gasteiger partial charge in [-0.05, 0) is 45.7 Å². The Bertz CT molecular complexity index is 251. The van der Waals surface area contributed by atoms with E-state index < -0.39 is 12.6 Å². The molecule has 0 bridgehead atoms. The van der Waals surface area contributed by atoms with Crippen LogP contribution in [0.25, 0.3) is 0 Å². The van der Waals surface area contributed by atoms with Gasteiger partial charge in [0.2, 0.25) is 0 Å². The van der Waals surface area contributed by atoms with Crippen molar-refractivity contribution in [1.82, 2.24) is 10.3 Å². The topological polar surface area (TPSA) is 41.3 Å². The van der Waals surface area contributed by atoms with Crippen molar-refractivity contribution < 1.29 is 13.2 Å². The second kappa shape index (κ2) is 6.21. The normalized spacial score (nSPS) is 23.0. The van der Waals surface area contributed by atoms with E-state index in [1.807, 2.05) is 13.8 Å². The van der Waals surface area contributed by atoms with Crippen molar-refractivity contribution in [3.63, 3.8) is 0 Å². The minimum absolute atomic E-state index is 0.0286. The van der Waals surface area contributed by atoms with Gasteiger partial charge in [0.05, 0.1) is 0 Å². The van der Waals surface area contributed by atoms with Crippen LogP contribution in [0.4, 0.5) is 13.2 Å². The minimum atomic E-state index is -4.12. The number of nitrogens with two attached hydrogens (primary N) is 1. The summed E-state index contributed by atoms with van der Waals surface area (Å²) in [5.41, 5.74) is 2.31. The van der Waals surface area contributed by atoms with Gasteiger partial charge in [-0.3, -0.25) is 16.2 Å². The van der Waals surface area contributed by atoms with Crippen LogP contribution in [0.15, 0.2) is 0 Å². The van der Waals surface area contributed by atoms with E-state index >= 15 is 0 Å². The molecule has 0 aromatic heterocycles. The van der Waals surface area contributed by atoms with Gasteiger partial charge < -0.3 is 0 Å². The SMILES string of the molecule is CCC(C)(C(CCC(F)(F)F)NN)N1CCCC1. The molecule has 0 aromatic rings. The maximum Gasteiger partial charge on any atom is 0.389 e. The van der Waals surface area contributed by atoms with Crippen LogP contribution >= 0.6 is 0 Å². The number of nitrogens with zero attached hydrogens (tertiary/aromatic N) is 1. The number of rotatable bonds is 6. The molecule has 1 aliphatic heterocycles. The van der Waals surface area contributed by atoms with Crippen LogP contribution in [-0.2, 0) is 0 Å². The van der Waals surface area contributed by atoms with Crippen LogP contribution in [0.1, 0.15) is 46.0 Å². The molecule has 0 amide bonds. The molecule has 1 saturated heterocycles. The Morgan fingerprint density at radius 1 is 1.28 bits per heavy atom. The van der Waals surface area contributed by atoms with E-state index in [-0.39, 0.29) is 18.0 Å². The molecule has 1 aliphatic rings. The van der Waals surface area contributed by atoms with Gasteiger partial charge in [-0.1, -0.05) is 6.92 Å². The zero-order valence-electron chi connectivity index (χ0n) is 11.2. The van der Waals surface area contributed by atoms with Gasteiger partial charge in [0, 0.05) is 18.0 Å². The Balaban J connectivity index is 2.69. The summed E-state index contributed by atoms with van der Waals surface area (Å²) in [6, 6.07) is -0.331. The summed E-state index contributed by atoms with van der Waals surface area (Å²) in [7, 11) is 0. The van der Waals surface area contributed by atoms with Crippen molar-refractivity contribution >= 4 is 0 Å². The first-order valence-corrected chi connectivity index (χ1v) is 6.61. The Morgan fingerprint density at radius 3 is 2.22 bits per heavy atom. The predicted octanol–water partition coefficient (Wildman–Crippen LogP) is 2.43. The number of halogens is 3. The van der Waals surface area contributed by atoms with Crippen molar-refractivity contribution in [2.45, 2.75) is 63.7 Å². The van der Waals surface area contributed by atoms with Crippen molar-refractivity contribution in [2.75, 3.05) is 13.1 Å². The average molecular weight is 267 g/mol. The van der Waals surface area contributed by atoms with Gasteiger partial charge in [-0.25, -0.2) is 0 Å². The van der Waals surface area contributed by atoms with E-state index in [2.05, 4.69) is 10.3 Å². The fourth-order valence-electron chi connectivity index (χ4n) is 2.80. The van der Waals surface area contributed by atoms with Crippen molar-refractivity contribution in [3.8, 4) is 0 Å². The average Bonchev–Trinajstić information content (AvgIpc) is 2.81. The summed E-state index contributed by atoms with van der Waals surface area (Å²) < 4.78 is 37.0. The highest BCUT2D eigenvalue weighted by atomic mass is 19.4. The number of hydrogen-bond acceptors (Lipinski definition) is 3. The third-order valence-corrected chi connectivity index (χ3v) is 4.21. The molecule has 6 heteroatoms. The maximum atomic E-state index is 12.3. The summed E-state index contributed by atoms with van der Waals surface area (Å²) >= 11 is 0. The van der Waals surface area contributed by atoms with Crippen LogP contribution in [-0.4, -0.2) is 35.7 Å². The van der Waals surface area contributed by atoms with Gasteiger partial charge in [-0.2, -0.15) is 13.2 Å². The zero-order valence-corrected chi connectivity index (χ0v) is 11.2. The highest BCUT2D eigenvalue weighted by Gasteiger charge is 2.40. The molecule has 2 atom stereocenters.